The first-order valence-corrected chi connectivity index (χ1v) is 4.29. The van der Waals surface area contributed by atoms with Gasteiger partial charge in [-0.15, -0.1) is 0 Å². The molecule has 2 rings (SSSR count). The zero-order valence-electron chi connectivity index (χ0n) is 7.51. The van der Waals surface area contributed by atoms with Gasteiger partial charge in [0, 0.05) is 24.8 Å². The van der Waals surface area contributed by atoms with Gasteiger partial charge in [0.2, 0.25) is 0 Å². The van der Waals surface area contributed by atoms with Crippen molar-refractivity contribution >= 4 is 12.4 Å². The van der Waals surface area contributed by atoms with Crippen molar-refractivity contribution < 1.29 is 0 Å². The Bertz CT molecular complexity index is 349. The van der Waals surface area contributed by atoms with E-state index in [1.807, 2.05) is 36.7 Å². The predicted molar refractivity (Wildman–Crippen MR) is 57.7 cm³/mol. The lowest BCUT2D eigenvalue weighted by atomic mass is 10.5. The first-order valence-electron chi connectivity index (χ1n) is 4.29. The van der Waals surface area contributed by atoms with Gasteiger partial charge in [-0.25, -0.2) is 9.98 Å². The predicted octanol–water partition coefficient (Wildman–Crippen LogP) is 1.04. The number of aliphatic imine (C=N–C) groups is 2. The third-order valence-electron chi connectivity index (χ3n) is 1.66. The van der Waals surface area contributed by atoms with Crippen molar-refractivity contribution in [3.63, 3.8) is 0 Å². The minimum absolute atomic E-state index is 0.631. The van der Waals surface area contributed by atoms with Gasteiger partial charge in [0.25, 0.3) is 0 Å². The second kappa shape index (κ2) is 4.23. The molecule has 0 atom stereocenters. The van der Waals surface area contributed by atoms with Crippen LogP contribution in [-0.2, 0) is 0 Å². The fourth-order valence-corrected chi connectivity index (χ4v) is 1.03. The Hall–Kier alpha value is -2.10. The van der Waals surface area contributed by atoms with Gasteiger partial charge in [-0.2, -0.15) is 0 Å². The summed E-state index contributed by atoms with van der Waals surface area (Å²) in [7, 11) is 0. The molecule has 0 bridgehead atoms. The minimum Gasteiger partial charge on any atom is -0.345 e. The van der Waals surface area contributed by atoms with E-state index in [1.54, 1.807) is 12.4 Å². The molecule has 70 valence electrons. The van der Waals surface area contributed by atoms with Crippen LogP contribution in [0.3, 0.4) is 0 Å². The van der Waals surface area contributed by atoms with Crippen molar-refractivity contribution in [3.05, 3.63) is 48.3 Å². The average molecular weight is 186 g/mol. The van der Waals surface area contributed by atoms with Gasteiger partial charge < -0.3 is 10.6 Å². The fourth-order valence-electron chi connectivity index (χ4n) is 1.03. The molecule has 0 fully saturated rings. The number of nitrogens with one attached hydrogen (secondary N) is 2. The molecule has 14 heavy (non-hydrogen) atoms. The maximum atomic E-state index is 4.17. The molecule has 0 amide bonds. The third kappa shape index (κ3) is 1.98. The first kappa shape index (κ1) is 8.50. The summed E-state index contributed by atoms with van der Waals surface area (Å²) in [5, 5.41) is 6.10. The summed E-state index contributed by atoms with van der Waals surface area (Å²) in [4.78, 5) is 8.33. The first-order chi connectivity index (χ1) is 6.97. The molecule has 0 unspecified atom stereocenters. The van der Waals surface area contributed by atoms with Gasteiger partial charge in [0.15, 0.2) is 11.6 Å². The van der Waals surface area contributed by atoms with E-state index < -0.39 is 0 Å². The molecule has 4 heteroatoms. The second-order valence-electron chi connectivity index (χ2n) is 2.65. The maximum Gasteiger partial charge on any atom is 0.193 e. The van der Waals surface area contributed by atoms with Crippen LogP contribution >= 0.6 is 0 Å². The van der Waals surface area contributed by atoms with E-state index in [0.29, 0.717) is 5.82 Å². The van der Waals surface area contributed by atoms with Crippen LogP contribution in [0.5, 0.6) is 0 Å². The Morgan fingerprint density at radius 2 is 1.36 bits per heavy atom. The van der Waals surface area contributed by atoms with Crippen molar-refractivity contribution in [3.8, 4) is 0 Å². The summed E-state index contributed by atoms with van der Waals surface area (Å²) in [6, 6.07) is 0. The number of allylic oxidation sites excluding steroid dienone is 4. The van der Waals surface area contributed by atoms with Gasteiger partial charge in [0.05, 0.1) is 0 Å². The zero-order chi connectivity index (χ0) is 9.64. The Kier molecular flexibility index (Phi) is 2.56. The van der Waals surface area contributed by atoms with Crippen LogP contribution in [-0.4, -0.2) is 12.4 Å². The molecule has 0 saturated heterocycles. The van der Waals surface area contributed by atoms with E-state index >= 15 is 0 Å². The molecule has 0 aromatic heterocycles. The van der Waals surface area contributed by atoms with Gasteiger partial charge in [-0.05, 0) is 24.3 Å². The number of nitrogens with zero attached hydrogens (tertiary/aromatic N) is 2. The smallest absolute Gasteiger partial charge is 0.193 e. The van der Waals surface area contributed by atoms with Gasteiger partial charge in [0.1, 0.15) is 0 Å². The van der Waals surface area contributed by atoms with Crippen LogP contribution in [0.15, 0.2) is 58.3 Å². The fraction of sp³-hybridized carbons (Fsp3) is 0. The molecule has 4 nitrogen and oxygen atoms in total. The van der Waals surface area contributed by atoms with E-state index in [9.17, 15) is 0 Å². The molecule has 2 aliphatic heterocycles. The van der Waals surface area contributed by atoms with Gasteiger partial charge in [-0.1, -0.05) is 0 Å². The highest BCUT2D eigenvalue weighted by Crippen LogP contribution is 2.05. The molecular formula is C10H10N4. The topological polar surface area (TPSA) is 48.8 Å². The summed E-state index contributed by atoms with van der Waals surface area (Å²) >= 11 is 0. The summed E-state index contributed by atoms with van der Waals surface area (Å²) < 4.78 is 0. The van der Waals surface area contributed by atoms with Crippen LogP contribution in [0.2, 0.25) is 0 Å². The largest absolute Gasteiger partial charge is 0.345 e. The Balaban J connectivity index is 2.29. The molecule has 0 aromatic carbocycles. The lowest BCUT2D eigenvalue weighted by Gasteiger charge is -2.06. The van der Waals surface area contributed by atoms with Crippen molar-refractivity contribution in [1.29, 1.82) is 0 Å². The zero-order valence-corrected chi connectivity index (χ0v) is 7.51. The van der Waals surface area contributed by atoms with E-state index in [2.05, 4.69) is 20.6 Å². The standard InChI is InChI=1S/C10H10N4/c1-2-6-12-9(11-5-1)10-13-7-3-4-8-14-10/h1-8,11-12H. The van der Waals surface area contributed by atoms with E-state index in [4.69, 9.17) is 0 Å². The van der Waals surface area contributed by atoms with Crippen molar-refractivity contribution in [2.45, 2.75) is 0 Å². The molecular weight excluding hydrogens is 176 g/mol. The molecule has 0 aromatic rings. The maximum absolute atomic E-state index is 4.17. The van der Waals surface area contributed by atoms with Crippen molar-refractivity contribution in [2.24, 2.45) is 9.98 Å². The summed E-state index contributed by atoms with van der Waals surface area (Å²) in [6.07, 6.45) is 14.5. The van der Waals surface area contributed by atoms with Gasteiger partial charge in [-0.3, -0.25) is 0 Å². The molecule has 2 N–H and O–H groups in total. The highest BCUT2D eigenvalue weighted by Gasteiger charge is 2.02. The number of hydrogen-bond acceptors (Lipinski definition) is 4. The molecule has 0 saturated carbocycles. The SMILES string of the molecule is C1=CC=NC(=C2NC=CC=CN2)N=C1. The lowest BCUT2D eigenvalue weighted by molar-refractivity contribution is 0.877. The molecule has 0 spiro atoms. The molecule has 0 radical (unpaired) electrons. The number of hydrogen-bond donors (Lipinski definition) is 2. The van der Waals surface area contributed by atoms with Crippen LogP contribution in [0, 0.1) is 0 Å². The average Bonchev–Trinajstić information content (AvgIpc) is 2.62. The third-order valence-corrected chi connectivity index (χ3v) is 1.66. The monoisotopic (exact) mass is 186 g/mol. The highest BCUT2D eigenvalue weighted by molar-refractivity contribution is 5.84. The Labute approximate surface area is 82.1 Å². The molecule has 0 aliphatic carbocycles. The summed E-state index contributed by atoms with van der Waals surface area (Å²) in [5.74, 6) is 1.40. The highest BCUT2D eigenvalue weighted by atomic mass is 15.1. The van der Waals surface area contributed by atoms with Crippen molar-refractivity contribution in [1.82, 2.24) is 10.6 Å². The number of rotatable bonds is 0. The van der Waals surface area contributed by atoms with Crippen LogP contribution in [0.25, 0.3) is 0 Å². The lowest BCUT2D eigenvalue weighted by Crippen LogP contribution is -2.18. The van der Waals surface area contributed by atoms with Crippen LogP contribution in [0.4, 0.5) is 0 Å². The van der Waals surface area contributed by atoms with Crippen LogP contribution in [0.1, 0.15) is 0 Å². The molecule has 2 heterocycles. The van der Waals surface area contributed by atoms with E-state index in [-0.39, 0.29) is 0 Å². The molecule has 2 aliphatic rings. The normalized spacial score (nSPS) is 18.9. The van der Waals surface area contributed by atoms with Crippen molar-refractivity contribution in [2.75, 3.05) is 0 Å². The quantitative estimate of drug-likeness (QED) is 0.594. The Morgan fingerprint density at radius 1 is 0.786 bits per heavy atom. The minimum atomic E-state index is 0.631. The second-order valence-corrected chi connectivity index (χ2v) is 2.65. The summed E-state index contributed by atoms with van der Waals surface area (Å²) in [6.45, 7) is 0. The summed E-state index contributed by atoms with van der Waals surface area (Å²) in [5.41, 5.74) is 0. The Morgan fingerprint density at radius 3 is 1.93 bits per heavy atom. The van der Waals surface area contributed by atoms with E-state index in [1.165, 1.54) is 0 Å². The van der Waals surface area contributed by atoms with E-state index in [0.717, 1.165) is 5.82 Å². The van der Waals surface area contributed by atoms with Gasteiger partial charge >= 0.3 is 0 Å². The van der Waals surface area contributed by atoms with Crippen LogP contribution < -0.4 is 10.6 Å².